The third-order valence-corrected chi connectivity index (χ3v) is 7.16. The van der Waals surface area contributed by atoms with Crippen LogP contribution in [0.5, 0.6) is 0 Å². The number of rotatable bonds is 3. The molecule has 2 aromatic rings. The van der Waals surface area contributed by atoms with Gasteiger partial charge in [-0.3, -0.25) is 19.8 Å². The van der Waals surface area contributed by atoms with E-state index in [4.69, 9.17) is 0 Å². The van der Waals surface area contributed by atoms with E-state index in [1.54, 1.807) is 34.1 Å². The Labute approximate surface area is 188 Å². The number of fused-ring (bicyclic) bond motifs is 1. The molecule has 0 aromatic heterocycles. The molecule has 9 heteroatoms. The van der Waals surface area contributed by atoms with Crippen LogP contribution in [0.15, 0.2) is 47.4 Å². The average molecular weight is 457 g/mol. The minimum absolute atomic E-state index is 0.0183. The maximum atomic E-state index is 13.4. The second-order valence-corrected chi connectivity index (χ2v) is 10.7. The molecule has 32 heavy (non-hydrogen) atoms. The van der Waals surface area contributed by atoms with Crippen molar-refractivity contribution < 1.29 is 18.0 Å². The average Bonchev–Trinajstić information content (AvgIpc) is 3.17. The number of hydrogen-bond donors (Lipinski definition) is 1. The molecule has 1 fully saturated rings. The van der Waals surface area contributed by atoms with Crippen LogP contribution in [0.2, 0.25) is 0 Å². The zero-order valence-electron chi connectivity index (χ0n) is 18.7. The highest BCUT2D eigenvalue weighted by Crippen LogP contribution is 2.39. The predicted octanol–water partition coefficient (Wildman–Crippen LogP) is 1.71. The Bertz CT molecular complexity index is 1160. The molecule has 4 rings (SSSR count). The summed E-state index contributed by atoms with van der Waals surface area (Å²) in [7, 11) is -1.32. The zero-order chi connectivity index (χ0) is 23.2. The van der Waals surface area contributed by atoms with Crippen LogP contribution in [-0.4, -0.2) is 70.3 Å². The fourth-order valence-corrected chi connectivity index (χ4v) is 5.08. The van der Waals surface area contributed by atoms with Crippen molar-refractivity contribution in [2.45, 2.75) is 30.8 Å². The molecule has 170 valence electrons. The molecule has 0 aliphatic carbocycles. The van der Waals surface area contributed by atoms with Gasteiger partial charge in [0.15, 0.2) is 9.84 Å². The quantitative estimate of drug-likeness (QED) is 0.756. The standard InChI is InChI=1S/C23H28N4O4S/c1-15-12-26(23(29)20-13-25(3)14-24-20)22-11-18(7-10-21(22)27(15)16(2)28)17-5-8-19(9-6-17)32(4,30)31/h5-11,15,20,24H,12-14H2,1-4H3. The molecule has 2 heterocycles. The number of hydrogen-bond acceptors (Lipinski definition) is 6. The van der Waals surface area contributed by atoms with E-state index >= 15 is 0 Å². The molecule has 0 saturated carbocycles. The van der Waals surface area contributed by atoms with Gasteiger partial charge in [-0.1, -0.05) is 18.2 Å². The molecule has 1 N–H and O–H groups in total. The molecule has 2 aliphatic rings. The van der Waals surface area contributed by atoms with Gasteiger partial charge in [0.05, 0.1) is 22.3 Å². The fraction of sp³-hybridized carbons (Fsp3) is 0.391. The second-order valence-electron chi connectivity index (χ2n) is 8.64. The third-order valence-electron chi connectivity index (χ3n) is 6.03. The number of nitrogens with one attached hydrogen (secondary N) is 1. The van der Waals surface area contributed by atoms with E-state index < -0.39 is 9.84 Å². The number of carbonyl (C=O) groups is 2. The lowest BCUT2D eigenvalue weighted by Crippen LogP contribution is -2.55. The molecule has 0 radical (unpaired) electrons. The smallest absolute Gasteiger partial charge is 0.245 e. The van der Waals surface area contributed by atoms with E-state index in [1.807, 2.05) is 32.2 Å². The summed E-state index contributed by atoms with van der Waals surface area (Å²) in [5, 5.41) is 3.25. The lowest BCUT2D eigenvalue weighted by molar-refractivity contribution is -0.121. The van der Waals surface area contributed by atoms with Crippen LogP contribution < -0.4 is 15.1 Å². The molecule has 2 amide bonds. The van der Waals surface area contributed by atoms with E-state index in [0.29, 0.717) is 31.1 Å². The Balaban J connectivity index is 1.76. The van der Waals surface area contributed by atoms with Crippen molar-refractivity contribution in [3.05, 3.63) is 42.5 Å². The maximum absolute atomic E-state index is 13.4. The molecular formula is C23H28N4O4S. The normalized spacial score (nSPS) is 21.5. The summed E-state index contributed by atoms with van der Waals surface area (Å²) >= 11 is 0. The van der Waals surface area contributed by atoms with E-state index in [-0.39, 0.29) is 28.8 Å². The first kappa shape index (κ1) is 22.4. The maximum Gasteiger partial charge on any atom is 0.245 e. The van der Waals surface area contributed by atoms with Gasteiger partial charge in [0, 0.05) is 32.9 Å². The third kappa shape index (κ3) is 4.15. The summed E-state index contributed by atoms with van der Waals surface area (Å²) in [6.07, 6.45) is 1.18. The van der Waals surface area contributed by atoms with Gasteiger partial charge in [-0.25, -0.2) is 8.42 Å². The van der Waals surface area contributed by atoms with Crippen LogP contribution in [0.1, 0.15) is 13.8 Å². The molecule has 0 spiro atoms. The van der Waals surface area contributed by atoms with Gasteiger partial charge in [-0.05, 0) is 49.4 Å². The van der Waals surface area contributed by atoms with Gasteiger partial charge in [-0.15, -0.1) is 0 Å². The highest BCUT2D eigenvalue weighted by Gasteiger charge is 2.37. The summed E-state index contributed by atoms with van der Waals surface area (Å²) in [5.41, 5.74) is 3.06. The number of benzene rings is 2. The van der Waals surface area contributed by atoms with Crippen molar-refractivity contribution in [1.82, 2.24) is 10.2 Å². The van der Waals surface area contributed by atoms with Crippen LogP contribution in [0.25, 0.3) is 11.1 Å². The summed E-state index contributed by atoms with van der Waals surface area (Å²) in [4.78, 5) is 31.6. The van der Waals surface area contributed by atoms with Crippen molar-refractivity contribution in [3.8, 4) is 11.1 Å². The number of carbonyl (C=O) groups excluding carboxylic acids is 2. The van der Waals surface area contributed by atoms with E-state index in [1.165, 1.54) is 13.2 Å². The van der Waals surface area contributed by atoms with Crippen molar-refractivity contribution in [2.24, 2.45) is 0 Å². The minimum atomic E-state index is -3.28. The largest absolute Gasteiger partial charge is 0.307 e. The first-order valence-corrected chi connectivity index (χ1v) is 12.4. The number of anilines is 2. The highest BCUT2D eigenvalue weighted by molar-refractivity contribution is 7.90. The van der Waals surface area contributed by atoms with Crippen molar-refractivity contribution >= 4 is 33.0 Å². The van der Waals surface area contributed by atoms with Gasteiger partial charge in [-0.2, -0.15) is 0 Å². The number of likely N-dealkylation sites (N-methyl/N-ethyl adjacent to an activating group) is 1. The highest BCUT2D eigenvalue weighted by atomic mass is 32.2. The Kier molecular flexibility index (Phi) is 5.83. The molecule has 2 unspecified atom stereocenters. The van der Waals surface area contributed by atoms with Gasteiger partial charge in [0.25, 0.3) is 0 Å². The Morgan fingerprint density at radius 3 is 2.22 bits per heavy atom. The van der Waals surface area contributed by atoms with Crippen LogP contribution in [-0.2, 0) is 19.4 Å². The SMILES string of the molecule is CC(=O)N1c2ccc(-c3ccc(S(C)(=O)=O)cc3)cc2N(C(=O)C2CN(C)CN2)CC1C. The summed E-state index contributed by atoms with van der Waals surface area (Å²) in [5.74, 6) is -0.0925. The van der Waals surface area contributed by atoms with Crippen LogP contribution in [0, 0.1) is 0 Å². The van der Waals surface area contributed by atoms with Crippen molar-refractivity contribution in [3.63, 3.8) is 0 Å². The fourth-order valence-electron chi connectivity index (χ4n) is 4.45. The lowest BCUT2D eigenvalue weighted by atomic mass is 10.00. The molecule has 2 aromatic carbocycles. The molecule has 8 nitrogen and oxygen atoms in total. The van der Waals surface area contributed by atoms with Crippen molar-refractivity contribution in [2.75, 3.05) is 42.9 Å². The molecule has 1 saturated heterocycles. The summed E-state index contributed by atoms with van der Waals surface area (Å²) in [6, 6.07) is 11.9. The van der Waals surface area contributed by atoms with Crippen LogP contribution in [0.3, 0.4) is 0 Å². The minimum Gasteiger partial charge on any atom is -0.307 e. The van der Waals surface area contributed by atoms with E-state index in [9.17, 15) is 18.0 Å². The Hall–Kier alpha value is -2.75. The van der Waals surface area contributed by atoms with Gasteiger partial charge < -0.3 is 9.80 Å². The zero-order valence-corrected chi connectivity index (χ0v) is 19.5. The number of nitrogens with zero attached hydrogens (tertiary/aromatic N) is 3. The van der Waals surface area contributed by atoms with E-state index in [2.05, 4.69) is 10.2 Å². The first-order valence-electron chi connectivity index (χ1n) is 10.5. The van der Waals surface area contributed by atoms with Crippen LogP contribution >= 0.6 is 0 Å². The topological polar surface area (TPSA) is 90.0 Å². The predicted molar refractivity (Wildman–Crippen MR) is 124 cm³/mol. The Morgan fingerprint density at radius 1 is 1.00 bits per heavy atom. The number of sulfone groups is 1. The van der Waals surface area contributed by atoms with Gasteiger partial charge in [0.2, 0.25) is 11.8 Å². The molecule has 2 aliphatic heterocycles. The monoisotopic (exact) mass is 456 g/mol. The first-order chi connectivity index (χ1) is 15.1. The van der Waals surface area contributed by atoms with Crippen LogP contribution in [0.4, 0.5) is 11.4 Å². The van der Waals surface area contributed by atoms with E-state index in [0.717, 1.165) is 11.1 Å². The Morgan fingerprint density at radius 2 is 1.66 bits per heavy atom. The lowest BCUT2D eigenvalue weighted by Gasteiger charge is -2.41. The molecular weight excluding hydrogens is 428 g/mol. The van der Waals surface area contributed by atoms with Gasteiger partial charge >= 0.3 is 0 Å². The summed E-state index contributed by atoms with van der Waals surface area (Å²) in [6.45, 7) is 5.16. The number of amides is 2. The molecule has 2 atom stereocenters. The van der Waals surface area contributed by atoms with Gasteiger partial charge in [0.1, 0.15) is 6.04 Å². The second kappa shape index (κ2) is 8.31. The van der Waals surface area contributed by atoms with Crippen molar-refractivity contribution in [1.29, 1.82) is 0 Å². The molecule has 0 bridgehead atoms. The summed E-state index contributed by atoms with van der Waals surface area (Å²) < 4.78 is 23.6.